The average Bonchev–Trinajstić information content (AvgIpc) is 2.74. The van der Waals surface area contributed by atoms with Gasteiger partial charge in [0.15, 0.2) is 0 Å². The number of hydrogen-bond donors (Lipinski definition) is 0. The Labute approximate surface area is 174 Å². The summed E-state index contributed by atoms with van der Waals surface area (Å²) >= 11 is 0. The zero-order chi connectivity index (χ0) is 20.7. The van der Waals surface area contributed by atoms with Crippen molar-refractivity contribution in [2.75, 3.05) is 0 Å². The Balaban J connectivity index is 1.43. The van der Waals surface area contributed by atoms with Gasteiger partial charge in [0.2, 0.25) is 0 Å². The molecule has 1 unspecified atom stereocenters. The Morgan fingerprint density at radius 2 is 1.59 bits per heavy atom. The molecule has 3 rings (SSSR count). The van der Waals surface area contributed by atoms with Crippen LogP contribution in [0.15, 0.2) is 42.5 Å². The molecule has 0 heterocycles. The molecule has 2 aliphatic rings. The maximum absolute atomic E-state index is 12.7. The van der Waals surface area contributed by atoms with E-state index in [-0.39, 0.29) is 0 Å². The van der Waals surface area contributed by atoms with Crippen LogP contribution in [0.3, 0.4) is 0 Å². The highest BCUT2D eigenvalue weighted by molar-refractivity contribution is 5.75. The fraction of sp³-hybridized carbons (Fsp3) is 0.615. The minimum Gasteiger partial charge on any atom is -0.166 e. The second-order valence-electron chi connectivity index (χ2n) is 8.98. The molecule has 3 heteroatoms. The minimum absolute atomic E-state index is 0.582. The van der Waals surface area contributed by atoms with Gasteiger partial charge in [-0.1, -0.05) is 88.7 Å². The third kappa shape index (κ3) is 6.49. The minimum atomic E-state index is -4.27. The van der Waals surface area contributed by atoms with Crippen molar-refractivity contribution in [1.29, 1.82) is 0 Å². The van der Waals surface area contributed by atoms with Gasteiger partial charge in [0.25, 0.3) is 0 Å². The van der Waals surface area contributed by atoms with Crippen LogP contribution in [0, 0.1) is 17.8 Å². The number of halogens is 3. The lowest BCUT2D eigenvalue weighted by Gasteiger charge is -2.33. The number of unbranched alkanes of at least 4 members (excludes halogenated alkanes) is 4. The van der Waals surface area contributed by atoms with E-state index in [2.05, 4.69) is 25.2 Å². The lowest BCUT2D eigenvalue weighted by Crippen LogP contribution is -2.21. The number of hydrogen-bond acceptors (Lipinski definition) is 0. The standard InChI is InChI=1S/C26H35F3/c1-2-3-4-5-6-7-20-8-10-21(11-9-20)22-12-14-23(15-13-22)24-16-18-25(19-17-24)26(27,28)29/h12,14-22H,2-11,13H2,1H3. The smallest absolute Gasteiger partial charge is 0.166 e. The zero-order valence-electron chi connectivity index (χ0n) is 17.7. The molecule has 29 heavy (non-hydrogen) atoms. The number of alkyl halides is 3. The molecule has 1 fully saturated rings. The fourth-order valence-corrected chi connectivity index (χ4v) is 4.99. The molecule has 1 aromatic carbocycles. The lowest BCUT2D eigenvalue weighted by molar-refractivity contribution is -0.137. The van der Waals surface area contributed by atoms with Crippen molar-refractivity contribution in [3.8, 4) is 0 Å². The molecule has 160 valence electrons. The van der Waals surface area contributed by atoms with Crippen molar-refractivity contribution in [2.45, 2.75) is 83.7 Å². The third-order valence-electron chi connectivity index (χ3n) is 6.89. The van der Waals surface area contributed by atoms with Crippen LogP contribution in [0.25, 0.3) is 5.57 Å². The van der Waals surface area contributed by atoms with Crippen LogP contribution in [0.4, 0.5) is 13.2 Å². The van der Waals surface area contributed by atoms with Crippen LogP contribution in [0.5, 0.6) is 0 Å². The normalized spacial score (nSPS) is 25.1. The first-order chi connectivity index (χ1) is 14.0. The summed E-state index contributed by atoms with van der Waals surface area (Å²) in [6, 6.07) is 5.54. The highest BCUT2D eigenvalue weighted by atomic mass is 19.4. The molecule has 0 N–H and O–H groups in total. The highest BCUT2D eigenvalue weighted by Gasteiger charge is 2.30. The van der Waals surface area contributed by atoms with E-state index in [0.29, 0.717) is 5.92 Å². The van der Waals surface area contributed by atoms with Gasteiger partial charge in [0.1, 0.15) is 0 Å². The van der Waals surface area contributed by atoms with E-state index < -0.39 is 11.7 Å². The Morgan fingerprint density at radius 1 is 0.897 bits per heavy atom. The van der Waals surface area contributed by atoms with E-state index in [1.54, 1.807) is 12.1 Å². The lowest BCUT2D eigenvalue weighted by atomic mass is 9.72. The van der Waals surface area contributed by atoms with E-state index in [1.165, 1.54) is 76.3 Å². The number of rotatable bonds is 8. The summed E-state index contributed by atoms with van der Waals surface area (Å²) in [6.45, 7) is 2.27. The molecule has 0 radical (unpaired) electrons. The predicted octanol–water partition coefficient (Wildman–Crippen LogP) is 8.83. The Bertz CT molecular complexity index is 673. The summed E-state index contributed by atoms with van der Waals surface area (Å²) in [7, 11) is 0. The van der Waals surface area contributed by atoms with Crippen molar-refractivity contribution < 1.29 is 13.2 Å². The summed E-state index contributed by atoms with van der Waals surface area (Å²) in [4.78, 5) is 0. The molecule has 2 aliphatic carbocycles. The first-order valence-electron chi connectivity index (χ1n) is 11.5. The van der Waals surface area contributed by atoms with Crippen LogP contribution >= 0.6 is 0 Å². The van der Waals surface area contributed by atoms with Crippen LogP contribution in [0.1, 0.15) is 88.7 Å². The molecular formula is C26H35F3. The van der Waals surface area contributed by atoms with Crippen molar-refractivity contribution in [3.63, 3.8) is 0 Å². The molecule has 0 nitrogen and oxygen atoms in total. The van der Waals surface area contributed by atoms with Gasteiger partial charge in [-0.3, -0.25) is 0 Å². The summed E-state index contributed by atoms with van der Waals surface area (Å²) in [6.07, 6.45) is 17.1. The van der Waals surface area contributed by atoms with Crippen molar-refractivity contribution in [1.82, 2.24) is 0 Å². The molecule has 0 aromatic heterocycles. The molecule has 1 aromatic rings. The van der Waals surface area contributed by atoms with Crippen LogP contribution in [-0.2, 0) is 6.18 Å². The van der Waals surface area contributed by atoms with Gasteiger partial charge in [-0.15, -0.1) is 0 Å². The highest BCUT2D eigenvalue weighted by Crippen LogP contribution is 2.40. The SMILES string of the molecule is CCCCCCCC1CCC(C2C=CC(c3ccc(C(F)(F)F)cc3)=CC2)CC1. The van der Waals surface area contributed by atoms with Crippen LogP contribution < -0.4 is 0 Å². The Hall–Kier alpha value is -1.51. The molecule has 1 saturated carbocycles. The monoisotopic (exact) mass is 404 g/mol. The van der Waals surface area contributed by atoms with E-state index in [4.69, 9.17) is 0 Å². The van der Waals surface area contributed by atoms with Gasteiger partial charge in [-0.05, 0) is 60.3 Å². The van der Waals surface area contributed by atoms with Crippen molar-refractivity contribution in [2.24, 2.45) is 17.8 Å². The van der Waals surface area contributed by atoms with Gasteiger partial charge < -0.3 is 0 Å². The molecule has 0 bridgehead atoms. The summed E-state index contributed by atoms with van der Waals surface area (Å²) in [5, 5.41) is 0. The fourth-order valence-electron chi connectivity index (χ4n) is 4.99. The summed E-state index contributed by atoms with van der Waals surface area (Å²) in [5.41, 5.74) is 1.34. The van der Waals surface area contributed by atoms with Crippen molar-refractivity contribution >= 4 is 5.57 Å². The molecule has 0 spiro atoms. The predicted molar refractivity (Wildman–Crippen MR) is 115 cm³/mol. The average molecular weight is 405 g/mol. The van der Waals surface area contributed by atoms with Gasteiger partial charge in [-0.25, -0.2) is 0 Å². The molecular weight excluding hydrogens is 369 g/mol. The topological polar surface area (TPSA) is 0 Å². The summed E-state index contributed by atoms with van der Waals surface area (Å²) in [5.74, 6) is 2.30. The largest absolute Gasteiger partial charge is 0.416 e. The Kier molecular flexibility index (Phi) is 8.03. The van der Waals surface area contributed by atoms with Gasteiger partial charge in [0, 0.05) is 0 Å². The van der Waals surface area contributed by atoms with Gasteiger partial charge in [0.05, 0.1) is 5.56 Å². The quantitative estimate of drug-likeness (QED) is 0.380. The summed E-state index contributed by atoms with van der Waals surface area (Å²) < 4.78 is 38.2. The molecule has 1 atom stereocenters. The molecule has 0 amide bonds. The molecule has 0 aliphatic heterocycles. The van der Waals surface area contributed by atoms with E-state index in [9.17, 15) is 13.2 Å². The Morgan fingerprint density at radius 3 is 2.17 bits per heavy atom. The number of allylic oxidation sites excluding steroid dienone is 4. The maximum atomic E-state index is 12.7. The van der Waals surface area contributed by atoms with Gasteiger partial charge in [-0.2, -0.15) is 13.2 Å². The van der Waals surface area contributed by atoms with Crippen molar-refractivity contribution in [3.05, 3.63) is 53.6 Å². The van der Waals surface area contributed by atoms with Crippen LogP contribution in [-0.4, -0.2) is 0 Å². The van der Waals surface area contributed by atoms with Crippen LogP contribution in [0.2, 0.25) is 0 Å². The van der Waals surface area contributed by atoms with E-state index in [0.717, 1.165) is 29.4 Å². The second kappa shape index (κ2) is 10.5. The third-order valence-corrected chi connectivity index (χ3v) is 6.89. The zero-order valence-corrected chi connectivity index (χ0v) is 17.7. The van der Waals surface area contributed by atoms with E-state index >= 15 is 0 Å². The first kappa shape index (κ1) is 22.2. The first-order valence-corrected chi connectivity index (χ1v) is 11.5. The van der Waals surface area contributed by atoms with Gasteiger partial charge >= 0.3 is 6.18 Å². The second-order valence-corrected chi connectivity index (χ2v) is 8.98. The molecule has 0 saturated heterocycles. The van der Waals surface area contributed by atoms with E-state index in [1.807, 2.05) is 0 Å². The maximum Gasteiger partial charge on any atom is 0.416 e. The number of benzene rings is 1.